The van der Waals surface area contributed by atoms with Crippen LogP contribution in [0.5, 0.6) is 0 Å². The van der Waals surface area contributed by atoms with Crippen molar-refractivity contribution >= 4 is 26.0 Å². The van der Waals surface area contributed by atoms with Crippen LogP contribution in [-0.4, -0.2) is 32.2 Å². The van der Waals surface area contributed by atoms with Crippen LogP contribution in [0.4, 0.5) is 10.3 Å². The van der Waals surface area contributed by atoms with E-state index in [0.717, 1.165) is 19.3 Å². The van der Waals surface area contributed by atoms with Crippen molar-refractivity contribution in [1.29, 1.82) is 0 Å². The second-order valence-corrected chi connectivity index (χ2v) is 7.35. The van der Waals surface area contributed by atoms with Gasteiger partial charge in [0.2, 0.25) is 5.95 Å². The first-order valence-electron chi connectivity index (χ1n) is 8.84. The molecule has 0 aliphatic heterocycles. The van der Waals surface area contributed by atoms with Gasteiger partial charge in [0.05, 0.1) is 16.8 Å². The van der Waals surface area contributed by atoms with Crippen molar-refractivity contribution in [2.45, 2.75) is 38.6 Å². The summed E-state index contributed by atoms with van der Waals surface area (Å²) in [7, 11) is 2.60. The molecule has 2 heterocycles. The molecule has 0 fully saturated rings. The van der Waals surface area contributed by atoms with E-state index in [2.05, 4.69) is 24.4 Å². The number of H-pyrrole nitrogens is 1. The van der Waals surface area contributed by atoms with E-state index in [1.165, 1.54) is 6.07 Å². The van der Waals surface area contributed by atoms with E-state index in [4.69, 9.17) is 10.5 Å². The Kier molecular flexibility index (Phi) is 6.19. The van der Waals surface area contributed by atoms with Gasteiger partial charge in [0.15, 0.2) is 5.82 Å². The monoisotopic (exact) mass is 391 g/mol. The highest BCUT2D eigenvalue weighted by atomic mass is 31.0. The number of aryl methyl sites for hydroxylation is 1. The summed E-state index contributed by atoms with van der Waals surface area (Å²) in [6.07, 6.45) is 4.50. The summed E-state index contributed by atoms with van der Waals surface area (Å²) in [4.78, 5) is 16.6. The van der Waals surface area contributed by atoms with Crippen LogP contribution in [0.1, 0.15) is 26.2 Å². The normalized spacial score (nSPS) is 12.6. The van der Waals surface area contributed by atoms with Gasteiger partial charge in [-0.3, -0.25) is 9.89 Å². The van der Waals surface area contributed by atoms with E-state index in [9.17, 15) is 9.18 Å². The number of hydrogen-bond acceptors (Lipinski definition) is 5. The molecule has 0 saturated carbocycles. The number of aromatic nitrogens is 4. The minimum absolute atomic E-state index is 0.0393. The molecule has 0 saturated heterocycles. The molecule has 1 aromatic carbocycles. The summed E-state index contributed by atoms with van der Waals surface area (Å²) in [6.45, 7) is 3.27. The molecule has 0 radical (unpaired) electrons. The van der Waals surface area contributed by atoms with E-state index in [1.54, 1.807) is 22.9 Å². The van der Waals surface area contributed by atoms with E-state index in [1.807, 2.05) is 6.92 Å². The fourth-order valence-electron chi connectivity index (χ4n) is 2.89. The van der Waals surface area contributed by atoms with Gasteiger partial charge in [-0.05, 0) is 49.8 Å². The lowest BCUT2D eigenvalue weighted by Gasteiger charge is -2.09. The van der Waals surface area contributed by atoms with Gasteiger partial charge >= 0.3 is 0 Å². The van der Waals surface area contributed by atoms with Crippen molar-refractivity contribution in [2.75, 3.05) is 12.3 Å². The third-order valence-corrected chi connectivity index (χ3v) is 4.44. The van der Waals surface area contributed by atoms with Gasteiger partial charge in [0.1, 0.15) is 5.82 Å². The lowest BCUT2D eigenvalue weighted by molar-refractivity contribution is 0.119. The predicted molar refractivity (Wildman–Crippen MR) is 107 cm³/mol. The van der Waals surface area contributed by atoms with Gasteiger partial charge in [-0.1, -0.05) is 0 Å². The van der Waals surface area contributed by atoms with Crippen LogP contribution in [0.25, 0.3) is 22.2 Å². The van der Waals surface area contributed by atoms with Gasteiger partial charge in [0, 0.05) is 19.3 Å². The van der Waals surface area contributed by atoms with Gasteiger partial charge < -0.3 is 15.0 Å². The smallest absolute Gasteiger partial charge is 0.258 e. The largest absolute Gasteiger partial charge is 0.375 e. The van der Waals surface area contributed by atoms with Crippen molar-refractivity contribution in [3.8, 4) is 11.4 Å². The number of fused-ring (bicyclic) bond motifs is 1. The number of pyridine rings is 1. The Morgan fingerprint density at radius 3 is 2.89 bits per heavy atom. The summed E-state index contributed by atoms with van der Waals surface area (Å²) in [5.41, 5.74) is 5.50. The van der Waals surface area contributed by atoms with E-state index >= 15 is 0 Å². The first kappa shape index (κ1) is 19.5. The molecule has 3 N–H and O–H groups in total. The highest BCUT2D eigenvalue weighted by Gasteiger charge is 2.13. The molecular formula is C18H23FN5O2P. The molecule has 0 bridgehead atoms. The van der Waals surface area contributed by atoms with Crippen molar-refractivity contribution in [2.24, 2.45) is 0 Å². The SMILES string of the molecule is CC(P)OCCCCCn1ccc2cc(-c3nc(N)n[nH]3)c(F)cc2c1=O. The maximum atomic E-state index is 14.5. The Labute approximate surface area is 158 Å². The zero-order chi connectivity index (χ0) is 19.4. The highest BCUT2D eigenvalue weighted by molar-refractivity contribution is 7.17. The molecule has 2 aromatic heterocycles. The van der Waals surface area contributed by atoms with Crippen LogP contribution >= 0.6 is 9.24 Å². The average molecular weight is 391 g/mol. The Balaban J connectivity index is 1.74. The van der Waals surface area contributed by atoms with E-state index in [-0.39, 0.29) is 28.7 Å². The minimum Gasteiger partial charge on any atom is -0.375 e. The molecule has 27 heavy (non-hydrogen) atoms. The highest BCUT2D eigenvalue weighted by Crippen LogP contribution is 2.24. The van der Waals surface area contributed by atoms with Crippen LogP contribution < -0.4 is 11.3 Å². The Hall–Kier alpha value is -2.31. The number of rotatable bonds is 8. The van der Waals surface area contributed by atoms with Crippen LogP contribution in [-0.2, 0) is 11.3 Å². The van der Waals surface area contributed by atoms with Gasteiger partial charge in [-0.25, -0.2) is 4.39 Å². The number of halogens is 1. The fourth-order valence-corrected chi connectivity index (χ4v) is 3.02. The number of benzene rings is 1. The first-order chi connectivity index (χ1) is 13.0. The number of nitrogens with two attached hydrogens (primary N) is 1. The maximum absolute atomic E-state index is 14.5. The molecule has 0 aliphatic carbocycles. The molecule has 144 valence electrons. The second-order valence-electron chi connectivity index (χ2n) is 6.41. The molecule has 7 nitrogen and oxygen atoms in total. The fraction of sp³-hybridized carbons (Fsp3) is 0.389. The van der Waals surface area contributed by atoms with Crippen molar-refractivity contribution in [3.05, 3.63) is 40.6 Å². The Bertz CT molecular complexity index is 986. The lowest BCUT2D eigenvalue weighted by atomic mass is 10.1. The Morgan fingerprint density at radius 2 is 2.19 bits per heavy atom. The number of nitrogens with zero attached hydrogens (tertiary/aromatic N) is 3. The number of aromatic amines is 1. The van der Waals surface area contributed by atoms with Crippen molar-refractivity contribution in [3.63, 3.8) is 0 Å². The molecule has 2 unspecified atom stereocenters. The first-order valence-corrected chi connectivity index (χ1v) is 9.50. The van der Waals surface area contributed by atoms with Crippen LogP contribution in [0.3, 0.4) is 0 Å². The van der Waals surface area contributed by atoms with Crippen molar-refractivity contribution in [1.82, 2.24) is 19.7 Å². The number of unbranched alkanes of at least 4 members (excludes halogenated alkanes) is 2. The molecule has 3 aromatic rings. The molecule has 0 spiro atoms. The number of anilines is 1. The lowest BCUT2D eigenvalue weighted by Crippen LogP contribution is -2.19. The molecule has 2 atom stereocenters. The minimum atomic E-state index is -0.544. The van der Waals surface area contributed by atoms with Gasteiger partial charge in [-0.15, -0.1) is 14.3 Å². The quantitative estimate of drug-likeness (QED) is 0.454. The van der Waals surface area contributed by atoms with Crippen LogP contribution in [0.2, 0.25) is 0 Å². The second kappa shape index (κ2) is 8.59. The van der Waals surface area contributed by atoms with Gasteiger partial charge in [-0.2, -0.15) is 4.98 Å². The zero-order valence-corrected chi connectivity index (χ0v) is 16.3. The van der Waals surface area contributed by atoms with E-state index in [0.29, 0.717) is 23.9 Å². The van der Waals surface area contributed by atoms with Crippen LogP contribution in [0, 0.1) is 5.82 Å². The Morgan fingerprint density at radius 1 is 1.37 bits per heavy atom. The molecular weight excluding hydrogens is 368 g/mol. The van der Waals surface area contributed by atoms with Crippen LogP contribution in [0.15, 0.2) is 29.2 Å². The molecule has 9 heteroatoms. The van der Waals surface area contributed by atoms with E-state index < -0.39 is 5.82 Å². The van der Waals surface area contributed by atoms with Gasteiger partial charge in [0.25, 0.3) is 5.56 Å². The standard InChI is InChI=1S/C18H23FN5O2P/c1-11(27)26-8-4-2-3-6-24-7-5-12-9-14(16-21-18(20)23-22-16)15(19)10-13(12)17(24)25/h5,7,9-11H,2-4,6,8,27H2,1H3,(H3,20,21,22,23). The number of nitrogens with one attached hydrogen (secondary N) is 1. The topological polar surface area (TPSA) is 98.8 Å². The molecule has 3 rings (SSSR count). The molecule has 0 aliphatic rings. The summed E-state index contributed by atoms with van der Waals surface area (Å²) < 4.78 is 21.6. The predicted octanol–water partition coefficient (Wildman–Crippen LogP) is 2.92. The third-order valence-electron chi connectivity index (χ3n) is 4.25. The zero-order valence-electron chi connectivity index (χ0n) is 15.1. The summed E-state index contributed by atoms with van der Waals surface area (Å²) in [6, 6.07) is 4.63. The molecule has 0 amide bonds. The average Bonchev–Trinajstić information content (AvgIpc) is 3.05. The summed E-state index contributed by atoms with van der Waals surface area (Å²) >= 11 is 0. The van der Waals surface area contributed by atoms with Crippen molar-refractivity contribution < 1.29 is 9.13 Å². The number of hydrogen-bond donors (Lipinski definition) is 2. The third kappa shape index (κ3) is 4.70. The number of nitrogen functional groups attached to an aromatic ring is 1. The summed E-state index contributed by atoms with van der Waals surface area (Å²) in [5, 5.41) is 7.28. The number of ether oxygens (including phenoxy) is 1. The maximum Gasteiger partial charge on any atom is 0.258 e. The summed E-state index contributed by atoms with van der Waals surface area (Å²) in [5.74, 6) is -0.117.